The fourth-order valence-electron chi connectivity index (χ4n) is 6.72. The first-order valence-electron chi connectivity index (χ1n) is 14.4. The van der Waals surface area contributed by atoms with E-state index in [1.165, 1.54) is 48.5 Å². The number of benzene rings is 3. The zero-order chi connectivity index (χ0) is 36.1. The van der Waals surface area contributed by atoms with E-state index in [9.17, 15) is 57.9 Å². The lowest BCUT2D eigenvalue weighted by Crippen LogP contribution is -2.15. The molecule has 3 aromatic rings. The molecule has 0 aliphatic heterocycles. The largest absolute Gasteiger partial charge is 0.417 e. The first kappa shape index (κ1) is 32.8. The topological polar surface area (TPSA) is 143 Å². The number of nitrogens with zero attached hydrogens (tertiary/aromatic N) is 6. The third-order valence-electron chi connectivity index (χ3n) is 8.79. The van der Waals surface area contributed by atoms with E-state index in [0.29, 0.717) is 27.8 Å². The van der Waals surface area contributed by atoms with Crippen molar-refractivity contribution in [2.75, 3.05) is 0 Å². The highest BCUT2D eigenvalue weighted by atomic mass is 19.4. The minimum Gasteiger partial charge on any atom is -0.192 e. The van der Waals surface area contributed by atoms with E-state index < -0.39 is 46.4 Å². The Bertz CT molecular complexity index is 2450. The van der Waals surface area contributed by atoms with Crippen molar-refractivity contribution in [3.63, 3.8) is 0 Å². The summed E-state index contributed by atoms with van der Waals surface area (Å²) in [7, 11) is 0. The van der Waals surface area contributed by atoms with Gasteiger partial charge in [-0.05, 0) is 80.4 Å². The van der Waals surface area contributed by atoms with Gasteiger partial charge < -0.3 is 0 Å². The van der Waals surface area contributed by atoms with Crippen molar-refractivity contribution >= 4 is 16.7 Å². The maximum Gasteiger partial charge on any atom is 0.417 e. The minimum atomic E-state index is -4.84. The molecule has 6 rings (SSSR count). The molecule has 3 aromatic carbocycles. The zero-order valence-corrected chi connectivity index (χ0v) is 25.0. The smallest absolute Gasteiger partial charge is 0.192 e. The van der Waals surface area contributed by atoms with Crippen molar-refractivity contribution in [3.05, 3.63) is 134 Å². The summed E-state index contributed by atoms with van der Waals surface area (Å²) in [6.45, 7) is 0. The predicted octanol–water partition coefficient (Wildman–Crippen LogP) is 8.95. The van der Waals surface area contributed by atoms with Gasteiger partial charge in [0, 0.05) is 17.4 Å². The Balaban J connectivity index is 1.63. The summed E-state index contributed by atoms with van der Waals surface area (Å²) >= 11 is 0. The molecule has 0 aromatic heterocycles. The summed E-state index contributed by atoms with van der Waals surface area (Å²) in [6.07, 6.45) is -4.95. The van der Waals surface area contributed by atoms with Crippen LogP contribution in [0.3, 0.4) is 0 Å². The molecule has 3 aliphatic rings. The third-order valence-corrected chi connectivity index (χ3v) is 8.79. The van der Waals surface area contributed by atoms with Gasteiger partial charge in [-0.15, -0.1) is 0 Å². The van der Waals surface area contributed by atoms with Crippen LogP contribution >= 0.6 is 0 Å². The first-order valence-corrected chi connectivity index (χ1v) is 14.4. The molecular weight excluding hydrogens is 654 g/mol. The molecule has 0 amide bonds. The van der Waals surface area contributed by atoms with Crippen LogP contribution in [-0.2, 0) is 12.4 Å². The molecule has 3 aliphatic carbocycles. The molecule has 2 atom stereocenters. The monoisotopic (exact) mass is 668 g/mol. The standard InChI is InChI=1S/C38H14F6N6/c39-37(40,41)31-11-21(1-3-23(31)13-45)19-5-7-27-29(9-19)35-34(26(17-49)18-50)28-8-6-20(10-30(28)36(35)33(27)25(15-47)16-48)22-2-4-24(14-46)32(12-22)38(42,43)44/h1-12,27,29H. The van der Waals surface area contributed by atoms with E-state index in [1.54, 1.807) is 12.2 Å². The number of alkyl halides is 6. The first-order chi connectivity index (χ1) is 23.8. The third kappa shape index (κ3) is 5.10. The van der Waals surface area contributed by atoms with Gasteiger partial charge in [-0.1, -0.05) is 42.5 Å². The summed E-state index contributed by atoms with van der Waals surface area (Å²) in [6, 6.07) is 21.5. The van der Waals surface area contributed by atoms with Crippen molar-refractivity contribution < 1.29 is 26.3 Å². The highest BCUT2D eigenvalue weighted by Crippen LogP contribution is 2.61. The number of allylic oxidation sites excluding steroid dienone is 10. The van der Waals surface area contributed by atoms with Gasteiger partial charge in [0.05, 0.1) is 34.4 Å². The molecule has 50 heavy (non-hydrogen) atoms. The van der Waals surface area contributed by atoms with Gasteiger partial charge >= 0.3 is 12.4 Å². The van der Waals surface area contributed by atoms with E-state index in [4.69, 9.17) is 0 Å². The summed E-state index contributed by atoms with van der Waals surface area (Å²) in [5.41, 5.74) is -1.67. The second kappa shape index (κ2) is 11.8. The van der Waals surface area contributed by atoms with Gasteiger partial charge in [-0.2, -0.15) is 57.9 Å². The number of hydrogen-bond donors (Lipinski definition) is 0. The van der Waals surface area contributed by atoms with Crippen molar-refractivity contribution in [2.45, 2.75) is 12.4 Å². The molecule has 0 spiro atoms. The maximum atomic E-state index is 13.8. The van der Waals surface area contributed by atoms with Crippen LogP contribution < -0.4 is 0 Å². The maximum absolute atomic E-state index is 13.8. The molecule has 0 saturated heterocycles. The van der Waals surface area contributed by atoms with Crippen LogP contribution in [0.5, 0.6) is 0 Å². The molecule has 2 unspecified atom stereocenters. The van der Waals surface area contributed by atoms with Crippen molar-refractivity contribution in [3.8, 4) is 47.5 Å². The van der Waals surface area contributed by atoms with Gasteiger partial charge in [0.15, 0.2) is 0 Å². The number of halogens is 6. The summed E-state index contributed by atoms with van der Waals surface area (Å²) < 4.78 is 83.0. The van der Waals surface area contributed by atoms with Crippen LogP contribution in [0, 0.1) is 79.8 Å². The quantitative estimate of drug-likeness (QED) is 0.197. The number of fused-ring (bicyclic) bond motifs is 4. The molecule has 0 saturated carbocycles. The molecule has 0 fully saturated rings. The molecule has 0 radical (unpaired) electrons. The zero-order valence-electron chi connectivity index (χ0n) is 25.0. The van der Waals surface area contributed by atoms with E-state index in [0.717, 1.165) is 24.3 Å². The van der Waals surface area contributed by atoms with E-state index >= 15 is 0 Å². The van der Waals surface area contributed by atoms with Crippen LogP contribution in [0.2, 0.25) is 0 Å². The van der Waals surface area contributed by atoms with Gasteiger partial charge in [0.1, 0.15) is 35.4 Å². The Kier molecular flexibility index (Phi) is 7.77. The van der Waals surface area contributed by atoms with Crippen molar-refractivity contribution in [2.24, 2.45) is 11.8 Å². The molecule has 6 nitrogen and oxygen atoms in total. The Morgan fingerprint density at radius 1 is 0.580 bits per heavy atom. The van der Waals surface area contributed by atoms with Gasteiger partial charge in [0.25, 0.3) is 0 Å². The Hall–Kier alpha value is -7.12. The fourth-order valence-corrected chi connectivity index (χ4v) is 6.72. The summed E-state index contributed by atoms with van der Waals surface area (Å²) in [4.78, 5) is 0. The van der Waals surface area contributed by atoms with E-state index in [1.807, 2.05) is 24.3 Å². The summed E-state index contributed by atoms with van der Waals surface area (Å²) in [5.74, 6) is -1.54. The highest BCUT2D eigenvalue weighted by molar-refractivity contribution is 6.11. The average molecular weight is 669 g/mol. The average Bonchev–Trinajstić information content (AvgIpc) is 3.60. The van der Waals surface area contributed by atoms with Crippen LogP contribution in [0.15, 0.2) is 95.1 Å². The Morgan fingerprint density at radius 3 is 1.64 bits per heavy atom. The van der Waals surface area contributed by atoms with Gasteiger partial charge in [0.2, 0.25) is 0 Å². The van der Waals surface area contributed by atoms with Crippen molar-refractivity contribution in [1.29, 1.82) is 31.6 Å². The normalized spacial score (nSPS) is 17.2. The molecule has 12 heteroatoms. The van der Waals surface area contributed by atoms with Crippen LogP contribution in [0.25, 0.3) is 27.8 Å². The molecule has 0 heterocycles. The lowest BCUT2D eigenvalue weighted by molar-refractivity contribution is -0.138. The summed E-state index contributed by atoms with van der Waals surface area (Å²) in [5, 5.41) is 58.5. The van der Waals surface area contributed by atoms with Crippen LogP contribution in [0.4, 0.5) is 26.3 Å². The number of hydrogen-bond acceptors (Lipinski definition) is 6. The molecule has 0 N–H and O–H groups in total. The second-order valence-electron chi connectivity index (χ2n) is 11.3. The Labute approximate surface area is 280 Å². The SMILES string of the molecule is N#CC(C#N)=C1C2=C(C(=C(C#N)C#N)C3C=CC(c4ccc(C#N)c(C(F)(F)F)c4)=CC23)c2cc(-c3ccc(C#N)c(C(F)(F)F)c3)ccc21. The lowest BCUT2D eigenvalue weighted by atomic mass is 9.76. The molecule has 238 valence electrons. The Morgan fingerprint density at radius 2 is 1.10 bits per heavy atom. The van der Waals surface area contributed by atoms with E-state index in [2.05, 4.69) is 0 Å². The van der Waals surface area contributed by atoms with Crippen LogP contribution in [-0.4, -0.2) is 0 Å². The highest BCUT2D eigenvalue weighted by Gasteiger charge is 2.47. The molecular formula is C38H14F6N6. The minimum absolute atomic E-state index is 0.0876. The van der Waals surface area contributed by atoms with Gasteiger partial charge in [-0.25, -0.2) is 0 Å². The predicted molar refractivity (Wildman–Crippen MR) is 165 cm³/mol. The lowest BCUT2D eigenvalue weighted by Gasteiger charge is -2.25. The van der Waals surface area contributed by atoms with Gasteiger partial charge in [-0.3, -0.25) is 0 Å². The fraction of sp³-hybridized carbons (Fsp3) is 0.105. The van der Waals surface area contributed by atoms with Crippen molar-refractivity contribution in [1.82, 2.24) is 0 Å². The number of rotatable bonds is 2. The van der Waals surface area contributed by atoms with E-state index in [-0.39, 0.29) is 39.0 Å². The second-order valence-corrected chi connectivity index (χ2v) is 11.3. The molecule has 0 bridgehead atoms. The number of nitriles is 6. The van der Waals surface area contributed by atoms with Crippen LogP contribution in [0.1, 0.15) is 38.9 Å².